The van der Waals surface area contributed by atoms with Crippen molar-refractivity contribution in [3.8, 4) is 0 Å². The molecule has 1 aromatic heterocycles. The van der Waals surface area contributed by atoms with E-state index in [1.54, 1.807) is 0 Å². The summed E-state index contributed by atoms with van der Waals surface area (Å²) in [5.41, 5.74) is 2.68. The van der Waals surface area contributed by atoms with Gasteiger partial charge in [0.05, 0.1) is 0 Å². The molecule has 0 bridgehead atoms. The van der Waals surface area contributed by atoms with Crippen LogP contribution < -0.4 is 0 Å². The third kappa shape index (κ3) is 1.43. The minimum atomic E-state index is 0.593. The van der Waals surface area contributed by atoms with Gasteiger partial charge >= 0.3 is 0 Å². The second kappa shape index (κ2) is 3.49. The monoisotopic (exact) mass is 187 g/mol. The van der Waals surface area contributed by atoms with E-state index in [1.807, 2.05) is 0 Å². The van der Waals surface area contributed by atoms with E-state index in [-0.39, 0.29) is 0 Å². The zero-order valence-electron chi connectivity index (χ0n) is 9.12. The number of nitrogens with zero attached hydrogens (tertiary/aromatic N) is 1. The quantitative estimate of drug-likeness (QED) is 0.671. The number of aryl methyl sites for hydroxylation is 1. The first kappa shape index (κ1) is 9.32. The molecular weight excluding hydrogens is 170 g/mol. The molecule has 0 saturated heterocycles. The van der Waals surface area contributed by atoms with Crippen LogP contribution in [0, 0.1) is 6.92 Å². The van der Waals surface area contributed by atoms with E-state index < -0.39 is 0 Å². The molecule has 1 nitrogen and oxygen atoms in total. The highest BCUT2D eigenvalue weighted by Gasteiger charge is 2.05. The Morgan fingerprint density at radius 1 is 1.29 bits per heavy atom. The molecule has 1 heteroatoms. The van der Waals surface area contributed by atoms with Crippen LogP contribution in [0.15, 0.2) is 30.5 Å². The average molecular weight is 187 g/mol. The van der Waals surface area contributed by atoms with Gasteiger partial charge in [-0.2, -0.15) is 0 Å². The Kier molecular flexibility index (Phi) is 2.32. The Morgan fingerprint density at radius 2 is 2.07 bits per heavy atom. The fourth-order valence-electron chi connectivity index (χ4n) is 1.86. The fourth-order valence-corrected chi connectivity index (χ4v) is 1.86. The lowest BCUT2D eigenvalue weighted by atomic mass is 10.2. The molecule has 2 aromatic rings. The molecule has 1 atom stereocenters. The largest absolute Gasteiger partial charge is 0.345 e. The van der Waals surface area contributed by atoms with E-state index >= 15 is 0 Å². The number of fused-ring (bicyclic) bond motifs is 1. The van der Waals surface area contributed by atoms with Crippen LogP contribution in [-0.4, -0.2) is 4.57 Å². The maximum atomic E-state index is 2.36. The summed E-state index contributed by atoms with van der Waals surface area (Å²) < 4.78 is 2.36. The Morgan fingerprint density at radius 3 is 2.79 bits per heavy atom. The van der Waals surface area contributed by atoms with Gasteiger partial charge in [-0.05, 0) is 43.9 Å². The summed E-state index contributed by atoms with van der Waals surface area (Å²) >= 11 is 0. The fraction of sp³-hybridized carbons (Fsp3) is 0.385. The molecular formula is C13H17N. The average Bonchev–Trinajstić information content (AvgIpc) is 2.59. The van der Waals surface area contributed by atoms with Crippen LogP contribution >= 0.6 is 0 Å². The van der Waals surface area contributed by atoms with Crippen LogP contribution in [0.1, 0.15) is 31.9 Å². The van der Waals surface area contributed by atoms with Gasteiger partial charge < -0.3 is 4.57 Å². The summed E-state index contributed by atoms with van der Waals surface area (Å²) in [7, 11) is 0. The van der Waals surface area contributed by atoms with Crippen molar-refractivity contribution in [2.75, 3.05) is 0 Å². The summed E-state index contributed by atoms with van der Waals surface area (Å²) in [6.45, 7) is 6.63. The van der Waals surface area contributed by atoms with Crippen LogP contribution in [-0.2, 0) is 0 Å². The molecule has 0 aliphatic heterocycles. The molecule has 14 heavy (non-hydrogen) atoms. The van der Waals surface area contributed by atoms with Gasteiger partial charge in [-0.1, -0.05) is 18.6 Å². The molecule has 2 rings (SSSR count). The van der Waals surface area contributed by atoms with E-state index in [4.69, 9.17) is 0 Å². The molecule has 1 heterocycles. The molecule has 0 N–H and O–H groups in total. The van der Waals surface area contributed by atoms with E-state index in [1.165, 1.54) is 22.9 Å². The number of benzene rings is 1. The van der Waals surface area contributed by atoms with Crippen LogP contribution in [0.25, 0.3) is 10.9 Å². The maximum Gasteiger partial charge on any atom is 0.0482 e. The van der Waals surface area contributed by atoms with Gasteiger partial charge in [0, 0.05) is 17.8 Å². The van der Waals surface area contributed by atoms with Crippen LogP contribution in [0.5, 0.6) is 0 Å². The van der Waals surface area contributed by atoms with Gasteiger partial charge in [-0.15, -0.1) is 0 Å². The summed E-state index contributed by atoms with van der Waals surface area (Å²) in [6.07, 6.45) is 3.37. The lowest BCUT2D eigenvalue weighted by molar-refractivity contribution is 0.548. The smallest absolute Gasteiger partial charge is 0.0482 e. The molecule has 0 aliphatic rings. The van der Waals surface area contributed by atoms with Gasteiger partial charge in [0.1, 0.15) is 0 Å². The van der Waals surface area contributed by atoms with E-state index in [0.717, 1.165) is 0 Å². The van der Waals surface area contributed by atoms with Crippen molar-refractivity contribution in [1.29, 1.82) is 0 Å². The molecule has 1 unspecified atom stereocenters. The summed E-state index contributed by atoms with van der Waals surface area (Å²) in [4.78, 5) is 0. The lowest BCUT2D eigenvalue weighted by Gasteiger charge is -2.12. The van der Waals surface area contributed by atoms with Crippen molar-refractivity contribution in [1.82, 2.24) is 4.57 Å². The predicted molar refractivity (Wildman–Crippen MR) is 61.7 cm³/mol. The molecule has 0 fully saturated rings. The molecule has 0 aliphatic carbocycles. The Hall–Kier alpha value is -1.24. The van der Waals surface area contributed by atoms with Gasteiger partial charge in [0.2, 0.25) is 0 Å². The zero-order chi connectivity index (χ0) is 10.1. The number of hydrogen-bond acceptors (Lipinski definition) is 0. The zero-order valence-corrected chi connectivity index (χ0v) is 9.12. The third-order valence-corrected chi connectivity index (χ3v) is 2.94. The van der Waals surface area contributed by atoms with Gasteiger partial charge in [0.15, 0.2) is 0 Å². The van der Waals surface area contributed by atoms with Crippen molar-refractivity contribution in [3.63, 3.8) is 0 Å². The first-order chi connectivity index (χ1) is 6.72. The first-order valence-electron chi connectivity index (χ1n) is 5.29. The predicted octanol–water partition coefficient (Wildman–Crippen LogP) is 3.92. The van der Waals surface area contributed by atoms with Gasteiger partial charge in [0.25, 0.3) is 0 Å². The Bertz CT molecular complexity index is 439. The standard InChI is InChI=1S/C13H17N/c1-4-11(3)14-8-7-12-9-10(2)5-6-13(12)14/h5-9,11H,4H2,1-3H3. The third-order valence-electron chi connectivity index (χ3n) is 2.94. The van der Waals surface area contributed by atoms with Crippen molar-refractivity contribution in [3.05, 3.63) is 36.0 Å². The van der Waals surface area contributed by atoms with Crippen molar-refractivity contribution >= 4 is 10.9 Å². The van der Waals surface area contributed by atoms with Gasteiger partial charge in [-0.3, -0.25) is 0 Å². The maximum absolute atomic E-state index is 2.36. The molecule has 0 spiro atoms. The van der Waals surface area contributed by atoms with Gasteiger partial charge in [-0.25, -0.2) is 0 Å². The number of hydrogen-bond donors (Lipinski definition) is 0. The van der Waals surface area contributed by atoms with E-state index in [0.29, 0.717) is 6.04 Å². The number of rotatable bonds is 2. The van der Waals surface area contributed by atoms with E-state index in [2.05, 4.69) is 55.8 Å². The normalized spacial score (nSPS) is 13.4. The molecule has 1 aromatic carbocycles. The Balaban J connectivity index is 2.58. The highest BCUT2D eigenvalue weighted by molar-refractivity contribution is 5.80. The SMILES string of the molecule is CCC(C)n1ccc2cc(C)ccc21. The summed E-state index contributed by atoms with van der Waals surface area (Å²) in [5.74, 6) is 0. The minimum absolute atomic E-state index is 0.593. The Labute approximate surface area is 85.4 Å². The molecule has 0 radical (unpaired) electrons. The van der Waals surface area contributed by atoms with Crippen LogP contribution in [0.2, 0.25) is 0 Å². The van der Waals surface area contributed by atoms with Crippen molar-refractivity contribution < 1.29 is 0 Å². The second-order valence-corrected chi connectivity index (χ2v) is 4.04. The molecule has 74 valence electrons. The van der Waals surface area contributed by atoms with Crippen molar-refractivity contribution in [2.45, 2.75) is 33.2 Å². The van der Waals surface area contributed by atoms with Crippen LogP contribution in [0.4, 0.5) is 0 Å². The first-order valence-corrected chi connectivity index (χ1v) is 5.29. The highest BCUT2D eigenvalue weighted by atomic mass is 15.0. The van der Waals surface area contributed by atoms with Crippen LogP contribution in [0.3, 0.4) is 0 Å². The highest BCUT2D eigenvalue weighted by Crippen LogP contribution is 2.22. The van der Waals surface area contributed by atoms with E-state index in [9.17, 15) is 0 Å². The lowest BCUT2D eigenvalue weighted by Crippen LogP contribution is -2.01. The topological polar surface area (TPSA) is 4.93 Å². The minimum Gasteiger partial charge on any atom is -0.345 e. The second-order valence-electron chi connectivity index (χ2n) is 4.04. The number of aromatic nitrogens is 1. The summed E-state index contributed by atoms with van der Waals surface area (Å²) in [6, 6.07) is 9.44. The van der Waals surface area contributed by atoms with Crippen molar-refractivity contribution in [2.24, 2.45) is 0 Å². The molecule has 0 saturated carbocycles. The molecule has 0 amide bonds. The summed E-state index contributed by atoms with van der Waals surface area (Å²) in [5, 5.41) is 1.35.